The first-order valence-electron chi connectivity index (χ1n) is 5.54. The first kappa shape index (κ1) is 11.5. The molecule has 1 unspecified atom stereocenters. The Balaban J connectivity index is 2.05. The van der Waals surface area contributed by atoms with E-state index in [4.69, 9.17) is 4.74 Å². The van der Waals surface area contributed by atoms with Crippen molar-refractivity contribution in [2.45, 2.75) is 19.8 Å². The molecule has 1 heterocycles. The Labute approximate surface area is 101 Å². The first-order valence-corrected chi connectivity index (χ1v) is 5.54. The molecule has 1 atom stereocenters. The largest absolute Gasteiger partial charge is 0.423 e. The summed E-state index contributed by atoms with van der Waals surface area (Å²) in [5.74, 6) is -0.274. The van der Waals surface area contributed by atoms with Crippen LogP contribution in [0.1, 0.15) is 12.5 Å². The van der Waals surface area contributed by atoms with E-state index in [1.807, 2.05) is 47.4 Å². The lowest BCUT2D eigenvalue weighted by atomic mass is 10.2. The highest BCUT2D eigenvalue weighted by molar-refractivity contribution is 5.66. The summed E-state index contributed by atoms with van der Waals surface area (Å²) in [7, 11) is 1.88. The zero-order chi connectivity index (χ0) is 12.3. The van der Waals surface area contributed by atoms with Crippen LogP contribution in [0.5, 0.6) is 0 Å². The lowest BCUT2D eigenvalue weighted by molar-refractivity contribution is -0.164. The van der Waals surface area contributed by atoms with Crippen molar-refractivity contribution in [3.8, 4) is 0 Å². The van der Waals surface area contributed by atoms with Gasteiger partial charge in [0.25, 0.3) is 6.35 Å². The van der Waals surface area contributed by atoms with Crippen LogP contribution in [0.15, 0.2) is 42.7 Å². The highest BCUT2D eigenvalue weighted by Gasteiger charge is 2.26. The summed E-state index contributed by atoms with van der Waals surface area (Å²) in [6.45, 7) is 2.15. The van der Waals surface area contributed by atoms with Gasteiger partial charge in [0.05, 0.1) is 0 Å². The van der Waals surface area contributed by atoms with Crippen molar-refractivity contribution in [3.05, 3.63) is 48.3 Å². The van der Waals surface area contributed by atoms with E-state index in [-0.39, 0.29) is 12.3 Å². The maximum atomic E-state index is 11.0. The molecule has 17 heavy (non-hydrogen) atoms. The van der Waals surface area contributed by atoms with Crippen LogP contribution in [-0.2, 0) is 16.1 Å². The molecule has 0 saturated carbocycles. The van der Waals surface area contributed by atoms with Gasteiger partial charge in [0.1, 0.15) is 0 Å². The van der Waals surface area contributed by atoms with E-state index in [0.29, 0.717) is 0 Å². The van der Waals surface area contributed by atoms with E-state index in [1.165, 1.54) is 12.5 Å². The molecule has 0 bridgehead atoms. The highest BCUT2D eigenvalue weighted by Crippen LogP contribution is 2.18. The minimum absolute atomic E-state index is 0.274. The number of nitrogens with zero attached hydrogens (tertiary/aromatic N) is 2. The molecule has 0 fully saturated rings. The van der Waals surface area contributed by atoms with Crippen molar-refractivity contribution < 1.29 is 9.53 Å². The molecular formula is C13H16N2O2. The van der Waals surface area contributed by atoms with Crippen LogP contribution in [0.4, 0.5) is 0 Å². The lowest BCUT2D eigenvalue weighted by Crippen LogP contribution is -2.39. The number of hydrogen-bond acceptors (Lipinski definition) is 4. The Morgan fingerprint density at radius 1 is 1.29 bits per heavy atom. The van der Waals surface area contributed by atoms with Crippen molar-refractivity contribution in [1.82, 2.24) is 9.80 Å². The second-order valence-electron chi connectivity index (χ2n) is 4.06. The van der Waals surface area contributed by atoms with Gasteiger partial charge in [-0.15, -0.1) is 0 Å². The van der Waals surface area contributed by atoms with Gasteiger partial charge in [-0.2, -0.15) is 0 Å². The summed E-state index contributed by atoms with van der Waals surface area (Å²) >= 11 is 0. The summed E-state index contributed by atoms with van der Waals surface area (Å²) < 4.78 is 5.26. The van der Waals surface area contributed by atoms with Gasteiger partial charge in [0, 0.05) is 32.9 Å². The second kappa shape index (κ2) is 4.91. The molecular weight excluding hydrogens is 216 g/mol. The van der Waals surface area contributed by atoms with E-state index in [0.717, 1.165) is 6.54 Å². The highest BCUT2D eigenvalue weighted by atomic mass is 16.6. The average molecular weight is 232 g/mol. The number of benzene rings is 1. The maximum absolute atomic E-state index is 11.0. The number of esters is 1. The van der Waals surface area contributed by atoms with Crippen LogP contribution in [0, 0.1) is 0 Å². The molecule has 90 valence electrons. The van der Waals surface area contributed by atoms with E-state index < -0.39 is 0 Å². The van der Waals surface area contributed by atoms with E-state index in [9.17, 15) is 4.79 Å². The third kappa shape index (κ3) is 2.78. The van der Waals surface area contributed by atoms with Gasteiger partial charge < -0.3 is 14.5 Å². The molecule has 1 aliphatic heterocycles. The Bertz CT molecular complexity index is 417. The van der Waals surface area contributed by atoms with Gasteiger partial charge in [-0.05, 0) is 5.56 Å². The normalized spacial score (nSPS) is 18.6. The van der Waals surface area contributed by atoms with Crippen molar-refractivity contribution in [1.29, 1.82) is 0 Å². The zero-order valence-corrected chi connectivity index (χ0v) is 10.0. The molecule has 0 spiro atoms. The first-order chi connectivity index (χ1) is 8.16. The predicted molar refractivity (Wildman–Crippen MR) is 64.4 cm³/mol. The SMILES string of the molecule is CC(=O)OC1N(C)C=CN1Cc1ccccc1. The van der Waals surface area contributed by atoms with E-state index in [1.54, 1.807) is 0 Å². The molecule has 0 amide bonds. The monoisotopic (exact) mass is 232 g/mol. The molecule has 0 saturated heterocycles. The van der Waals surface area contributed by atoms with Crippen LogP contribution >= 0.6 is 0 Å². The van der Waals surface area contributed by atoms with Crippen molar-refractivity contribution in [2.75, 3.05) is 7.05 Å². The molecule has 0 radical (unpaired) electrons. The molecule has 2 rings (SSSR count). The number of hydrogen-bond donors (Lipinski definition) is 0. The number of carbonyl (C=O) groups is 1. The Hall–Kier alpha value is -1.97. The zero-order valence-electron chi connectivity index (χ0n) is 10.0. The van der Waals surface area contributed by atoms with Crippen molar-refractivity contribution in [2.24, 2.45) is 0 Å². The van der Waals surface area contributed by atoms with Gasteiger partial charge >= 0.3 is 5.97 Å². The predicted octanol–water partition coefficient (Wildman–Crippen LogP) is 1.75. The van der Waals surface area contributed by atoms with Gasteiger partial charge in [0.2, 0.25) is 0 Å². The van der Waals surface area contributed by atoms with Gasteiger partial charge in [-0.3, -0.25) is 4.79 Å². The smallest absolute Gasteiger partial charge is 0.305 e. The van der Waals surface area contributed by atoms with Crippen molar-refractivity contribution in [3.63, 3.8) is 0 Å². The fraction of sp³-hybridized carbons (Fsp3) is 0.308. The summed E-state index contributed by atoms with van der Waals surface area (Å²) in [5.41, 5.74) is 1.18. The third-order valence-corrected chi connectivity index (χ3v) is 2.60. The fourth-order valence-electron chi connectivity index (χ4n) is 1.80. The number of rotatable bonds is 3. The average Bonchev–Trinajstić information content (AvgIpc) is 2.62. The molecule has 4 nitrogen and oxygen atoms in total. The van der Waals surface area contributed by atoms with Crippen LogP contribution in [0.25, 0.3) is 0 Å². The molecule has 1 aromatic rings. The molecule has 1 aliphatic rings. The lowest BCUT2D eigenvalue weighted by Gasteiger charge is -2.29. The standard InChI is InChI=1S/C13H16N2O2/c1-11(16)17-13-14(2)8-9-15(13)10-12-6-4-3-5-7-12/h3-9,13H,10H2,1-2H3. The summed E-state index contributed by atoms with van der Waals surface area (Å²) in [6.07, 6.45) is 3.49. The van der Waals surface area contributed by atoms with Crippen LogP contribution in [0.2, 0.25) is 0 Å². The minimum atomic E-state index is -0.340. The third-order valence-electron chi connectivity index (χ3n) is 2.60. The molecule has 0 aliphatic carbocycles. The summed E-state index contributed by atoms with van der Waals surface area (Å²) in [6, 6.07) is 10.1. The van der Waals surface area contributed by atoms with Gasteiger partial charge in [0.15, 0.2) is 0 Å². The maximum Gasteiger partial charge on any atom is 0.305 e. The Morgan fingerprint density at radius 3 is 2.65 bits per heavy atom. The fourth-order valence-corrected chi connectivity index (χ4v) is 1.80. The number of ether oxygens (including phenoxy) is 1. The topological polar surface area (TPSA) is 32.8 Å². The molecule has 1 aromatic carbocycles. The van der Waals surface area contributed by atoms with Gasteiger partial charge in [-0.1, -0.05) is 30.3 Å². The van der Waals surface area contributed by atoms with Crippen molar-refractivity contribution >= 4 is 5.97 Å². The summed E-state index contributed by atoms with van der Waals surface area (Å²) in [4.78, 5) is 14.9. The molecule has 0 aromatic heterocycles. The van der Waals surface area contributed by atoms with Crippen LogP contribution in [-0.4, -0.2) is 29.2 Å². The Morgan fingerprint density at radius 2 is 2.00 bits per heavy atom. The van der Waals surface area contributed by atoms with Crippen LogP contribution < -0.4 is 0 Å². The van der Waals surface area contributed by atoms with E-state index >= 15 is 0 Å². The second-order valence-corrected chi connectivity index (χ2v) is 4.06. The van der Waals surface area contributed by atoms with Crippen LogP contribution in [0.3, 0.4) is 0 Å². The van der Waals surface area contributed by atoms with Gasteiger partial charge in [-0.25, -0.2) is 0 Å². The number of carbonyl (C=O) groups excluding carboxylic acids is 1. The minimum Gasteiger partial charge on any atom is -0.423 e. The van der Waals surface area contributed by atoms with E-state index in [2.05, 4.69) is 12.1 Å². The Kier molecular flexibility index (Phi) is 3.32. The molecule has 0 N–H and O–H groups in total. The quantitative estimate of drug-likeness (QED) is 0.743. The summed E-state index contributed by atoms with van der Waals surface area (Å²) in [5, 5.41) is 0. The molecule has 4 heteroatoms.